The van der Waals surface area contributed by atoms with Crippen molar-refractivity contribution >= 4 is 5.91 Å². The van der Waals surface area contributed by atoms with Crippen LogP contribution in [0.5, 0.6) is 5.75 Å². The topological polar surface area (TPSA) is 62.2 Å². The zero-order chi connectivity index (χ0) is 20.3. The molecule has 0 aliphatic carbocycles. The molecule has 0 radical (unpaired) electrons. The summed E-state index contributed by atoms with van der Waals surface area (Å²) in [6, 6.07) is 8.00. The minimum atomic E-state index is -0.130. The van der Waals surface area contributed by atoms with Gasteiger partial charge in [0.25, 0.3) is 5.91 Å². The highest BCUT2D eigenvalue weighted by atomic mass is 16.5. The molecule has 3 saturated heterocycles. The Balaban J connectivity index is 1.36. The van der Waals surface area contributed by atoms with Crippen molar-refractivity contribution in [3.63, 3.8) is 0 Å². The van der Waals surface area contributed by atoms with Crippen LogP contribution in [0.15, 0.2) is 24.3 Å². The molecule has 160 valence electrons. The van der Waals surface area contributed by atoms with Crippen LogP contribution in [0, 0.1) is 17.3 Å². The second-order valence-corrected chi connectivity index (χ2v) is 9.19. The van der Waals surface area contributed by atoms with Crippen molar-refractivity contribution in [3.8, 4) is 5.75 Å². The number of piperidine rings is 1. The summed E-state index contributed by atoms with van der Waals surface area (Å²) in [5.74, 6) is 2.06. The molecule has 6 heteroatoms. The van der Waals surface area contributed by atoms with E-state index in [2.05, 4.69) is 17.9 Å². The predicted octanol–water partition coefficient (Wildman–Crippen LogP) is 2.15. The van der Waals surface area contributed by atoms with Gasteiger partial charge in [0, 0.05) is 50.3 Å². The lowest BCUT2D eigenvalue weighted by Crippen LogP contribution is -2.42. The van der Waals surface area contributed by atoms with E-state index in [1.807, 2.05) is 23.1 Å². The van der Waals surface area contributed by atoms with Crippen molar-refractivity contribution in [2.75, 3.05) is 52.6 Å². The lowest BCUT2D eigenvalue weighted by molar-refractivity contribution is -0.134. The van der Waals surface area contributed by atoms with E-state index in [1.54, 1.807) is 0 Å². The van der Waals surface area contributed by atoms with Gasteiger partial charge in [-0.25, -0.2) is 0 Å². The third kappa shape index (κ3) is 4.60. The molecule has 1 aromatic rings. The van der Waals surface area contributed by atoms with Crippen molar-refractivity contribution in [1.29, 1.82) is 0 Å². The van der Waals surface area contributed by atoms with E-state index >= 15 is 0 Å². The van der Waals surface area contributed by atoms with Crippen LogP contribution >= 0.6 is 0 Å². The summed E-state index contributed by atoms with van der Waals surface area (Å²) in [6.07, 6.45) is 3.17. The van der Waals surface area contributed by atoms with Crippen molar-refractivity contribution in [1.82, 2.24) is 9.80 Å². The Labute approximate surface area is 173 Å². The number of benzene rings is 1. The maximum absolute atomic E-state index is 12.5. The van der Waals surface area contributed by atoms with Gasteiger partial charge in [-0.1, -0.05) is 25.1 Å². The molecule has 3 aliphatic rings. The number of nitrogens with zero attached hydrogens (tertiary/aromatic N) is 2. The molecule has 3 fully saturated rings. The average Bonchev–Trinajstić information content (AvgIpc) is 3.12. The molecule has 29 heavy (non-hydrogen) atoms. The van der Waals surface area contributed by atoms with E-state index in [4.69, 9.17) is 9.47 Å². The molecular formula is C23H34N2O4. The predicted molar refractivity (Wildman–Crippen MR) is 111 cm³/mol. The van der Waals surface area contributed by atoms with Gasteiger partial charge in [0.05, 0.1) is 13.2 Å². The van der Waals surface area contributed by atoms with Crippen LogP contribution < -0.4 is 4.74 Å². The molecule has 1 N–H and O–H groups in total. The summed E-state index contributed by atoms with van der Waals surface area (Å²) < 4.78 is 11.6. The summed E-state index contributed by atoms with van der Waals surface area (Å²) >= 11 is 0. The van der Waals surface area contributed by atoms with E-state index in [1.165, 1.54) is 0 Å². The Kier molecular flexibility index (Phi) is 6.42. The van der Waals surface area contributed by atoms with Gasteiger partial charge in [0.2, 0.25) is 0 Å². The van der Waals surface area contributed by atoms with Gasteiger partial charge in [-0.05, 0) is 37.2 Å². The molecule has 2 atom stereocenters. The van der Waals surface area contributed by atoms with Crippen molar-refractivity contribution in [2.45, 2.75) is 32.7 Å². The number of fused-ring (bicyclic) bond motifs is 1. The number of para-hydroxylation sites is 1. The first-order valence-corrected chi connectivity index (χ1v) is 11.0. The Morgan fingerprint density at radius 3 is 2.83 bits per heavy atom. The second kappa shape index (κ2) is 9.02. The fraction of sp³-hybridized carbons (Fsp3) is 0.696. The minimum Gasteiger partial charge on any atom is -0.483 e. The van der Waals surface area contributed by atoms with Crippen LogP contribution in [0.25, 0.3) is 0 Å². The van der Waals surface area contributed by atoms with Gasteiger partial charge in [-0.15, -0.1) is 0 Å². The fourth-order valence-corrected chi connectivity index (χ4v) is 5.06. The molecule has 0 bridgehead atoms. The number of hydrogen-bond donors (Lipinski definition) is 1. The lowest BCUT2D eigenvalue weighted by Gasteiger charge is -2.36. The Morgan fingerprint density at radius 1 is 1.28 bits per heavy atom. The van der Waals surface area contributed by atoms with Gasteiger partial charge in [-0.2, -0.15) is 0 Å². The second-order valence-electron chi connectivity index (χ2n) is 9.19. The molecule has 1 aromatic carbocycles. The molecule has 0 aromatic heterocycles. The SMILES string of the molecule is CC1CCN(C(=O)COc2ccccc2CN2C[C@@H]3CCOC[C@]3(CO)C2)CC1. The summed E-state index contributed by atoms with van der Waals surface area (Å²) in [5, 5.41) is 10.0. The van der Waals surface area contributed by atoms with E-state index < -0.39 is 0 Å². The smallest absolute Gasteiger partial charge is 0.260 e. The number of aliphatic hydroxyl groups is 1. The molecule has 1 amide bonds. The van der Waals surface area contributed by atoms with Crippen molar-refractivity contribution < 1.29 is 19.4 Å². The van der Waals surface area contributed by atoms with Crippen LogP contribution in [0.4, 0.5) is 0 Å². The van der Waals surface area contributed by atoms with E-state index in [9.17, 15) is 9.90 Å². The Morgan fingerprint density at radius 2 is 2.07 bits per heavy atom. The molecule has 4 rings (SSSR count). The summed E-state index contributed by atoms with van der Waals surface area (Å²) in [7, 11) is 0. The van der Waals surface area contributed by atoms with Gasteiger partial charge in [0.1, 0.15) is 5.75 Å². The van der Waals surface area contributed by atoms with Crippen LogP contribution in [-0.2, 0) is 16.1 Å². The molecule has 0 saturated carbocycles. The van der Waals surface area contributed by atoms with Crippen LogP contribution in [0.2, 0.25) is 0 Å². The number of ether oxygens (including phenoxy) is 2. The third-order valence-corrected chi connectivity index (χ3v) is 7.05. The first-order valence-electron chi connectivity index (χ1n) is 11.0. The zero-order valence-electron chi connectivity index (χ0n) is 17.5. The van der Waals surface area contributed by atoms with Crippen molar-refractivity contribution in [3.05, 3.63) is 29.8 Å². The number of carbonyl (C=O) groups is 1. The zero-order valence-corrected chi connectivity index (χ0v) is 17.5. The lowest BCUT2D eigenvalue weighted by atomic mass is 9.76. The molecule has 3 heterocycles. The number of likely N-dealkylation sites (tertiary alicyclic amines) is 2. The highest BCUT2D eigenvalue weighted by Gasteiger charge is 2.48. The summed E-state index contributed by atoms with van der Waals surface area (Å²) in [5.41, 5.74) is 0.968. The van der Waals surface area contributed by atoms with Gasteiger partial charge < -0.3 is 19.5 Å². The maximum Gasteiger partial charge on any atom is 0.260 e. The first-order chi connectivity index (χ1) is 14.1. The third-order valence-electron chi connectivity index (χ3n) is 7.05. The number of rotatable bonds is 6. The van der Waals surface area contributed by atoms with E-state index in [-0.39, 0.29) is 24.5 Å². The van der Waals surface area contributed by atoms with Crippen molar-refractivity contribution in [2.24, 2.45) is 17.3 Å². The monoisotopic (exact) mass is 402 g/mol. The Bertz CT molecular complexity index is 704. The number of carbonyl (C=O) groups excluding carboxylic acids is 1. The normalized spacial score (nSPS) is 28.3. The highest BCUT2D eigenvalue weighted by molar-refractivity contribution is 5.77. The van der Waals surface area contributed by atoms with E-state index in [0.29, 0.717) is 18.4 Å². The van der Waals surface area contributed by atoms with E-state index in [0.717, 1.165) is 69.9 Å². The van der Waals surface area contributed by atoms with Crippen LogP contribution in [0.3, 0.4) is 0 Å². The molecular weight excluding hydrogens is 368 g/mol. The standard InChI is InChI=1S/C23H34N2O4/c1-18-6-9-25(10-7-18)22(27)14-29-21-5-3-2-4-19(21)12-24-13-20-8-11-28-17-23(20,15-24)16-26/h2-5,18,20,26H,6-17H2,1H3/t20-,23+/m0/s1. The summed E-state index contributed by atoms with van der Waals surface area (Å²) in [6.45, 7) is 8.22. The van der Waals surface area contributed by atoms with Crippen LogP contribution in [-0.4, -0.2) is 73.4 Å². The average molecular weight is 403 g/mol. The quantitative estimate of drug-likeness (QED) is 0.790. The van der Waals surface area contributed by atoms with Gasteiger partial charge >= 0.3 is 0 Å². The number of aliphatic hydroxyl groups excluding tert-OH is 1. The van der Waals surface area contributed by atoms with Crippen LogP contribution in [0.1, 0.15) is 31.7 Å². The van der Waals surface area contributed by atoms with Gasteiger partial charge in [0.15, 0.2) is 6.61 Å². The summed E-state index contributed by atoms with van der Waals surface area (Å²) in [4.78, 5) is 16.9. The molecule has 0 spiro atoms. The molecule has 6 nitrogen and oxygen atoms in total. The number of hydrogen-bond acceptors (Lipinski definition) is 5. The molecule has 3 aliphatic heterocycles. The first kappa shape index (κ1) is 20.6. The fourth-order valence-electron chi connectivity index (χ4n) is 5.06. The van der Waals surface area contributed by atoms with Gasteiger partial charge in [-0.3, -0.25) is 9.69 Å². The maximum atomic E-state index is 12.5. The Hall–Kier alpha value is -1.63. The largest absolute Gasteiger partial charge is 0.483 e. The minimum absolute atomic E-state index is 0.0790. The number of amides is 1. The highest BCUT2D eigenvalue weighted by Crippen LogP contribution is 2.41. The molecule has 0 unspecified atom stereocenters.